The molecule has 0 fully saturated rings. The van der Waals surface area contributed by atoms with E-state index >= 15 is 0 Å². The number of pyridine rings is 1. The first-order valence-corrected chi connectivity index (χ1v) is 8.90. The van der Waals surface area contributed by atoms with Crippen molar-refractivity contribution in [1.29, 1.82) is 0 Å². The van der Waals surface area contributed by atoms with Gasteiger partial charge < -0.3 is 11.1 Å². The third kappa shape index (κ3) is 5.12. The molecule has 1 atom stereocenters. The highest BCUT2D eigenvalue weighted by Crippen LogP contribution is 2.20. The summed E-state index contributed by atoms with van der Waals surface area (Å²) in [5.41, 5.74) is 6.62. The van der Waals surface area contributed by atoms with E-state index in [1.54, 1.807) is 24.4 Å². The van der Waals surface area contributed by atoms with Crippen molar-refractivity contribution in [3.63, 3.8) is 0 Å². The molecule has 8 heteroatoms. The molecule has 3 N–H and O–H groups in total. The number of hydrogen-bond acceptors (Lipinski definition) is 3. The Bertz CT molecular complexity index is 732. The molecule has 1 heterocycles. The van der Waals surface area contributed by atoms with E-state index in [1.165, 1.54) is 0 Å². The zero-order chi connectivity index (χ0) is 17.0. The number of rotatable bonds is 5. The average Bonchev–Trinajstić information content (AvgIpc) is 2.47. The largest absolute Gasteiger partial charge is 0.368 e. The molecule has 0 radical (unpaired) electrons. The Morgan fingerprint density at radius 1 is 1.17 bits per heavy atom. The van der Waals surface area contributed by atoms with E-state index < -0.39 is 11.9 Å². The van der Waals surface area contributed by atoms with Crippen molar-refractivity contribution in [3.8, 4) is 0 Å². The number of primary amides is 1. The first-order chi connectivity index (χ1) is 10.9. The van der Waals surface area contributed by atoms with Crippen molar-refractivity contribution in [2.45, 2.75) is 12.5 Å². The summed E-state index contributed by atoms with van der Waals surface area (Å²) in [5, 5.41) is 2.66. The Morgan fingerprint density at radius 2 is 1.83 bits per heavy atom. The minimum Gasteiger partial charge on any atom is -0.368 e. The van der Waals surface area contributed by atoms with E-state index in [0.29, 0.717) is 10.2 Å². The fraction of sp³-hybridized carbons (Fsp3) is 0.133. The summed E-state index contributed by atoms with van der Waals surface area (Å²) in [6, 6.07) is 7.88. The molecule has 2 rings (SSSR count). The highest BCUT2D eigenvalue weighted by molar-refractivity contribution is 9.11. The molecule has 0 saturated heterocycles. The van der Waals surface area contributed by atoms with Gasteiger partial charge in [-0.3, -0.25) is 9.59 Å². The van der Waals surface area contributed by atoms with Gasteiger partial charge in [-0.2, -0.15) is 0 Å². The lowest BCUT2D eigenvalue weighted by Gasteiger charge is -2.16. The third-order valence-corrected chi connectivity index (χ3v) is 4.66. The van der Waals surface area contributed by atoms with E-state index in [2.05, 4.69) is 58.1 Å². The Morgan fingerprint density at radius 3 is 2.39 bits per heavy atom. The Labute approximate surface area is 158 Å². The van der Waals surface area contributed by atoms with Crippen LogP contribution in [0, 0.1) is 0 Å². The quantitative estimate of drug-likeness (QED) is 0.612. The molecule has 0 unspecified atom stereocenters. The molecule has 1 aromatic heterocycles. The lowest BCUT2D eigenvalue weighted by molar-refractivity contribution is -0.119. The molecule has 120 valence electrons. The van der Waals surface area contributed by atoms with Crippen LogP contribution in [0.25, 0.3) is 0 Å². The number of nitrogens with zero attached hydrogens (tertiary/aromatic N) is 1. The second kappa shape index (κ2) is 8.03. The number of hydrogen-bond donors (Lipinski definition) is 2. The second-order valence-electron chi connectivity index (χ2n) is 4.74. The van der Waals surface area contributed by atoms with Gasteiger partial charge in [-0.25, -0.2) is 4.98 Å². The van der Waals surface area contributed by atoms with Gasteiger partial charge in [0.2, 0.25) is 5.91 Å². The zero-order valence-electron chi connectivity index (χ0n) is 11.7. The van der Waals surface area contributed by atoms with Crippen LogP contribution in [0.4, 0.5) is 0 Å². The standard InChI is InChI=1S/C15H12Br3N3O2/c16-10-4-9(5-11(17)7-10)15(23)21-12(14(19)22)6-8-2-1-3-20-13(8)18/h1-5,7,12H,6H2,(H2,19,22)(H,21,23)/t12-/m0/s1. The highest BCUT2D eigenvalue weighted by Gasteiger charge is 2.21. The number of halogens is 3. The van der Waals surface area contributed by atoms with Crippen molar-refractivity contribution >= 4 is 59.6 Å². The van der Waals surface area contributed by atoms with Crippen molar-refractivity contribution in [2.75, 3.05) is 0 Å². The highest BCUT2D eigenvalue weighted by atomic mass is 79.9. The summed E-state index contributed by atoms with van der Waals surface area (Å²) in [6.45, 7) is 0. The van der Waals surface area contributed by atoms with Crippen LogP contribution in [-0.4, -0.2) is 22.8 Å². The van der Waals surface area contributed by atoms with Crippen molar-refractivity contribution in [3.05, 3.63) is 61.2 Å². The van der Waals surface area contributed by atoms with E-state index in [9.17, 15) is 9.59 Å². The first kappa shape index (κ1) is 18.1. The molecule has 2 amide bonds. The van der Waals surface area contributed by atoms with Gasteiger partial charge in [0.15, 0.2) is 0 Å². The number of nitrogens with one attached hydrogen (secondary N) is 1. The molecule has 0 aliphatic carbocycles. The van der Waals surface area contributed by atoms with E-state index in [-0.39, 0.29) is 12.3 Å². The van der Waals surface area contributed by atoms with Gasteiger partial charge in [-0.05, 0) is 45.8 Å². The summed E-state index contributed by atoms with van der Waals surface area (Å²) in [7, 11) is 0. The van der Waals surface area contributed by atoms with Crippen LogP contribution in [0.5, 0.6) is 0 Å². The smallest absolute Gasteiger partial charge is 0.252 e. The van der Waals surface area contributed by atoms with Gasteiger partial charge in [0.05, 0.1) is 0 Å². The maximum Gasteiger partial charge on any atom is 0.252 e. The number of aromatic nitrogens is 1. The predicted octanol–water partition coefficient (Wildman–Crippen LogP) is 3.20. The maximum absolute atomic E-state index is 12.4. The van der Waals surface area contributed by atoms with Crippen LogP contribution in [0.3, 0.4) is 0 Å². The normalized spacial score (nSPS) is 11.8. The van der Waals surface area contributed by atoms with E-state index in [1.807, 2.05) is 12.1 Å². The van der Waals surface area contributed by atoms with Crippen LogP contribution < -0.4 is 11.1 Å². The summed E-state index contributed by atoms with van der Waals surface area (Å²) >= 11 is 9.96. The topological polar surface area (TPSA) is 85.1 Å². The molecule has 0 bridgehead atoms. The van der Waals surface area contributed by atoms with E-state index in [0.717, 1.165) is 14.5 Å². The van der Waals surface area contributed by atoms with Gasteiger partial charge >= 0.3 is 0 Å². The predicted molar refractivity (Wildman–Crippen MR) is 97.9 cm³/mol. The van der Waals surface area contributed by atoms with Crippen LogP contribution in [-0.2, 0) is 11.2 Å². The number of nitrogens with two attached hydrogens (primary N) is 1. The number of carbonyl (C=O) groups excluding carboxylic acids is 2. The fourth-order valence-electron chi connectivity index (χ4n) is 1.94. The van der Waals surface area contributed by atoms with E-state index in [4.69, 9.17) is 5.73 Å². The summed E-state index contributed by atoms with van der Waals surface area (Å²) in [5.74, 6) is -0.987. The SMILES string of the molecule is NC(=O)[C@H](Cc1cccnc1Br)NC(=O)c1cc(Br)cc(Br)c1. The lowest BCUT2D eigenvalue weighted by atomic mass is 10.1. The first-order valence-electron chi connectivity index (χ1n) is 6.52. The molecule has 1 aromatic carbocycles. The van der Waals surface area contributed by atoms with Gasteiger partial charge in [0.1, 0.15) is 10.6 Å². The van der Waals surface area contributed by atoms with Crippen molar-refractivity contribution in [2.24, 2.45) is 5.73 Å². The Kier molecular flexibility index (Phi) is 6.32. The summed E-state index contributed by atoms with van der Waals surface area (Å²) in [6.07, 6.45) is 1.88. The summed E-state index contributed by atoms with van der Waals surface area (Å²) < 4.78 is 2.12. The molecular formula is C15H12Br3N3O2. The van der Waals surface area contributed by atoms with Crippen molar-refractivity contribution in [1.82, 2.24) is 10.3 Å². The van der Waals surface area contributed by atoms with Crippen molar-refractivity contribution < 1.29 is 9.59 Å². The molecule has 0 saturated carbocycles. The summed E-state index contributed by atoms with van der Waals surface area (Å²) in [4.78, 5) is 28.1. The van der Waals surface area contributed by atoms with Gasteiger partial charge in [0.25, 0.3) is 5.91 Å². The molecular weight excluding hydrogens is 494 g/mol. The number of carbonyl (C=O) groups is 2. The van der Waals surface area contributed by atoms with Crippen LogP contribution >= 0.6 is 47.8 Å². The number of benzene rings is 1. The maximum atomic E-state index is 12.4. The lowest BCUT2D eigenvalue weighted by Crippen LogP contribution is -2.45. The minimum atomic E-state index is -0.833. The third-order valence-electron chi connectivity index (χ3n) is 3.03. The van der Waals surface area contributed by atoms with Gasteiger partial charge in [0, 0.05) is 27.1 Å². The minimum absolute atomic E-state index is 0.255. The zero-order valence-corrected chi connectivity index (χ0v) is 16.5. The van der Waals surface area contributed by atoms with Gasteiger partial charge in [-0.15, -0.1) is 0 Å². The van der Waals surface area contributed by atoms with Gasteiger partial charge in [-0.1, -0.05) is 37.9 Å². The van der Waals surface area contributed by atoms with Crippen LogP contribution in [0.1, 0.15) is 15.9 Å². The molecule has 0 aliphatic rings. The Hall–Kier alpha value is -1.25. The molecule has 23 heavy (non-hydrogen) atoms. The molecule has 0 spiro atoms. The molecule has 5 nitrogen and oxygen atoms in total. The molecule has 0 aliphatic heterocycles. The molecule has 2 aromatic rings. The van der Waals surface area contributed by atoms with Crippen LogP contribution in [0.2, 0.25) is 0 Å². The Balaban J connectivity index is 2.18. The monoisotopic (exact) mass is 503 g/mol. The number of amides is 2. The fourth-order valence-corrected chi connectivity index (χ4v) is 3.65. The van der Waals surface area contributed by atoms with Crippen LogP contribution in [0.15, 0.2) is 50.1 Å². The second-order valence-corrected chi connectivity index (χ2v) is 7.33. The average molecular weight is 506 g/mol.